The standard InChI is InChI=1S/C32H56O4Si.C26H42O4.CH3I.CH4/c1-22-25(20-26(21-29(22)33)36-37(9,10)30(3,4)5)14-13-24-12-11-17-32(8)27(15-16-28(24)32)23(2)35-19-18-31(6,7)34;1-17-20(15-21(27)16-24(17)28)9-8-19-7-6-12-26(5)22(10-11-23(19)26)18(2)30-14-13-25(3,4)29;1-2;/h13-14,23,26-29,33-34H,1,11-12,15-21H2,2-10H3;8-9,18,21-24,27-29H,1,6-7,10-16H2,2-5H3;1H3;1H4/b24-13+,25-14+;19-8+,20-9+;;/t23-,26+,27+,28-,29-,32+;18-,21+,22+,23-,24-,26+;;/m00../s1. The summed E-state index contributed by atoms with van der Waals surface area (Å²) in [5.74, 6) is 2.24. The second-order valence-electron chi connectivity index (χ2n) is 25.5. The smallest absolute Gasteiger partial charge is 0.192 e. The summed E-state index contributed by atoms with van der Waals surface area (Å²) in [4.78, 5) is 1.97. The van der Waals surface area contributed by atoms with Crippen molar-refractivity contribution in [2.75, 3.05) is 18.1 Å². The van der Waals surface area contributed by atoms with Gasteiger partial charge in [-0.15, -0.1) is 0 Å². The Morgan fingerprint density at radius 1 is 0.671 bits per heavy atom. The molecule has 0 amide bonds. The Kier molecular flexibility index (Phi) is 23.7. The predicted molar refractivity (Wildman–Crippen MR) is 305 cm³/mol. The van der Waals surface area contributed by atoms with E-state index in [0.29, 0.717) is 69.0 Å². The van der Waals surface area contributed by atoms with Gasteiger partial charge in [-0.3, -0.25) is 0 Å². The zero-order valence-corrected chi connectivity index (χ0v) is 49.2. The van der Waals surface area contributed by atoms with Crippen molar-refractivity contribution in [1.82, 2.24) is 0 Å². The Bertz CT molecular complexity index is 1830. The van der Waals surface area contributed by atoms with Gasteiger partial charge in [-0.25, -0.2) is 0 Å². The molecule has 6 aliphatic carbocycles. The highest BCUT2D eigenvalue weighted by atomic mass is 127. The molecule has 0 aromatic heterocycles. The van der Waals surface area contributed by atoms with E-state index in [-0.39, 0.29) is 41.6 Å². The molecule has 70 heavy (non-hydrogen) atoms. The summed E-state index contributed by atoms with van der Waals surface area (Å²) in [5, 5.41) is 51.1. The molecule has 6 rings (SSSR count). The van der Waals surface area contributed by atoms with Crippen LogP contribution in [-0.2, 0) is 13.9 Å². The zero-order chi connectivity index (χ0) is 51.9. The lowest BCUT2D eigenvalue weighted by Gasteiger charge is -2.44. The van der Waals surface area contributed by atoms with E-state index in [9.17, 15) is 25.5 Å². The van der Waals surface area contributed by atoms with Crippen molar-refractivity contribution in [2.45, 2.75) is 252 Å². The van der Waals surface area contributed by atoms with Crippen LogP contribution in [0.25, 0.3) is 0 Å². The molecule has 0 bridgehead atoms. The zero-order valence-electron chi connectivity index (χ0n) is 46.1. The molecule has 5 N–H and O–H groups in total. The molecule has 0 unspecified atom stereocenters. The normalized spacial score (nSPS) is 35.1. The number of aliphatic hydroxyl groups is 5. The van der Waals surface area contributed by atoms with E-state index in [1.54, 1.807) is 5.57 Å². The van der Waals surface area contributed by atoms with Gasteiger partial charge in [-0.1, -0.05) is 113 Å². The SMILES string of the molecule is C.C=C1/C(=C/C=C2\CCC[C@]3(C)[C@@H]([C@H](C)OCCC(C)(C)O)CC[C@@H]23)C[C@@H](O)C[C@@H]1O.C=C1/C(=C/C=C2\CCC[C@]3(C)[C@@H]([C@H](C)OCCC(C)(C)O)CC[C@@H]23)C[C@@H](O[Si](C)(C)C(C)(C)C)C[C@@H]1O.CI. The van der Waals surface area contributed by atoms with Crippen molar-refractivity contribution in [1.29, 1.82) is 0 Å². The molecule has 0 aliphatic heterocycles. The van der Waals surface area contributed by atoms with Crippen LogP contribution in [0.2, 0.25) is 18.1 Å². The van der Waals surface area contributed by atoms with E-state index in [2.05, 4.69) is 122 Å². The highest BCUT2D eigenvalue weighted by Gasteiger charge is 2.52. The molecule has 6 fully saturated rings. The molecule has 0 aromatic rings. The first kappa shape index (κ1) is 63.4. The molecule has 6 aliphatic rings. The van der Waals surface area contributed by atoms with Crippen molar-refractivity contribution >= 4 is 30.9 Å². The lowest BCUT2D eigenvalue weighted by atomic mass is 9.62. The number of aliphatic hydroxyl groups excluding tert-OH is 3. The third kappa shape index (κ3) is 16.5. The molecular formula is C60H105IO8Si. The van der Waals surface area contributed by atoms with Crippen molar-refractivity contribution < 1.29 is 39.4 Å². The van der Waals surface area contributed by atoms with Gasteiger partial charge in [0.05, 0.1) is 47.8 Å². The number of halogens is 1. The van der Waals surface area contributed by atoms with Gasteiger partial charge in [0.25, 0.3) is 0 Å². The summed E-state index contributed by atoms with van der Waals surface area (Å²) < 4.78 is 19.2. The van der Waals surface area contributed by atoms with Crippen LogP contribution in [0.4, 0.5) is 0 Å². The first-order valence-corrected chi connectivity index (χ1v) is 32.0. The molecule has 12 atom stereocenters. The van der Waals surface area contributed by atoms with E-state index in [1.807, 2.05) is 32.6 Å². The molecule has 0 aromatic carbocycles. The third-order valence-corrected chi connectivity index (χ3v) is 22.7. The molecule has 404 valence electrons. The molecule has 0 heterocycles. The summed E-state index contributed by atoms with van der Waals surface area (Å²) in [5.41, 5.74) is 5.97. The molecule has 6 saturated carbocycles. The van der Waals surface area contributed by atoms with Gasteiger partial charge < -0.3 is 39.4 Å². The number of hydrogen-bond donors (Lipinski definition) is 5. The fourth-order valence-corrected chi connectivity index (χ4v) is 14.3. The van der Waals surface area contributed by atoms with Crippen LogP contribution >= 0.6 is 22.6 Å². The minimum Gasteiger partial charge on any atom is -0.413 e. The van der Waals surface area contributed by atoms with Crippen LogP contribution in [-0.4, -0.2) is 99.8 Å². The third-order valence-electron chi connectivity index (χ3n) is 18.2. The Labute approximate surface area is 443 Å². The van der Waals surface area contributed by atoms with Crippen LogP contribution in [0.5, 0.6) is 0 Å². The second-order valence-corrected chi connectivity index (χ2v) is 30.2. The second kappa shape index (κ2) is 26.2. The van der Waals surface area contributed by atoms with E-state index in [1.165, 1.54) is 56.9 Å². The Morgan fingerprint density at radius 3 is 1.47 bits per heavy atom. The highest BCUT2D eigenvalue weighted by Crippen LogP contribution is 2.60. The van der Waals surface area contributed by atoms with Crippen molar-refractivity contribution in [2.24, 2.45) is 34.5 Å². The molecule has 10 heteroatoms. The maximum atomic E-state index is 10.8. The summed E-state index contributed by atoms with van der Waals surface area (Å²) in [6.45, 7) is 37.6. The minimum atomic E-state index is -1.90. The molecule has 0 spiro atoms. The van der Waals surface area contributed by atoms with Gasteiger partial charge in [0.1, 0.15) is 0 Å². The van der Waals surface area contributed by atoms with Crippen molar-refractivity contribution in [3.8, 4) is 0 Å². The number of ether oxygens (including phenoxy) is 2. The summed E-state index contributed by atoms with van der Waals surface area (Å²) in [6, 6.07) is 0. The lowest BCUT2D eigenvalue weighted by Crippen LogP contribution is -2.46. The summed E-state index contributed by atoms with van der Waals surface area (Å²) in [6.07, 6.45) is 23.6. The van der Waals surface area contributed by atoms with E-state index in [0.717, 1.165) is 41.6 Å². The van der Waals surface area contributed by atoms with Gasteiger partial charge in [0.2, 0.25) is 0 Å². The molecule has 0 radical (unpaired) electrons. The Morgan fingerprint density at radius 2 is 1.07 bits per heavy atom. The fourth-order valence-electron chi connectivity index (χ4n) is 12.9. The van der Waals surface area contributed by atoms with E-state index in [4.69, 9.17) is 13.9 Å². The lowest BCUT2D eigenvalue weighted by molar-refractivity contribution is -0.0459. The van der Waals surface area contributed by atoms with Crippen LogP contribution in [0.3, 0.4) is 0 Å². The Balaban J connectivity index is 0.000000359. The first-order chi connectivity index (χ1) is 32.0. The average Bonchev–Trinajstić information content (AvgIpc) is 3.79. The van der Waals surface area contributed by atoms with Gasteiger partial charge in [0.15, 0.2) is 8.32 Å². The maximum Gasteiger partial charge on any atom is 0.192 e. The van der Waals surface area contributed by atoms with Crippen LogP contribution in [0.1, 0.15) is 186 Å². The monoisotopic (exact) mass is 1110 g/mol. The minimum absolute atomic E-state index is 0. The number of allylic oxidation sites excluding steroid dienone is 6. The van der Waals surface area contributed by atoms with Gasteiger partial charge in [0, 0.05) is 26.1 Å². The van der Waals surface area contributed by atoms with E-state index >= 15 is 0 Å². The first-order valence-electron chi connectivity index (χ1n) is 26.9. The number of fused-ring (bicyclic) bond motifs is 2. The topological polar surface area (TPSA) is 129 Å². The van der Waals surface area contributed by atoms with Gasteiger partial charge in [-0.2, -0.15) is 0 Å². The van der Waals surface area contributed by atoms with Crippen molar-refractivity contribution in [3.05, 3.63) is 70.9 Å². The van der Waals surface area contributed by atoms with Crippen molar-refractivity contribution in [3.63, 3.8) is 0 Å². The maximum absolute atomic E-state index is 10.8. The number of rotatable bonds is 14. The average molecular weight is 1110 g/mol. The fraction of sp³-hybridized carbons (Fsp3) is 0.800. The van der Waals surface area contributed by atoms with E-state index < -0.39 is 37.8 Å². The largest absolute Gasteiger partial charge is 0.413 e. The number of alkyl halides is 1. The molecule has 0 saturated heterocycles. The van der Waals surface area contributed by atoms with Gasteiger partial charge in [-0.05, 0) is 211 Å². The number of hydrogen-bond acceptors (Lipinski definition) is 8. The predicted octanol–water partition coefficient (Wildman–Crippen LogP) is 14.1. The summed E-state index contributed by atoms with van der Waals surface area (Å²) >= 11 is 2.15. The Hall–Kier alpha value is -0.933. The van der Waals surface area contributed by atoms with Gasteiger partial charge >= 0.3 is 0 Å². The van der Waals surface area contributed by atoms with Crippen LogP contribution in [0.15, 0.2) is 70.9 Å². The summed E-state index contributed by atoms with van der Waals surface area (Å²) in [7, 11) is -1.90. The van der Waals surface area contributed by atoms with Crippen LogP contribution < -0.4 is 0 Å². The quantitative estimate of drug-likeness (QED) is 0.0661. The van der Waals surface area contributed by atoms with Crippen LogP contribution in [0, 0.1) is 34.5 Å². The molecular weight excluding hydrogens is 1000 g/mol. The molecule has 8 nitrogen and oxygen atoms in total. The highest BCUT2D eigenvalue weighted by molar-refractivity contribution is 14.1.